The fourth-order valence-electron chi connectivity index (χ4n) is 2.03. The van der Waals surface area contributed by atoms with Gasteiger partial charge in [0.15, 0.2) is 0 Å². The fraction of sp³-hybridized carbons (Fsp3) is 0.455. The van der Waals surface area contributed by atoms with Gasteiger partial charge in [-0.1, -0.05) is 102 Å². The lowest BCUT2D eigenvalue weighted by molar-refractivity contribution is 0.510. The Morgan fingerprint density at radius 3 is 1.80 bits per heavy atom. The first kappa shape index (κ1) is 12.6. The maximum absolute atomic E-state index is 3.79. The molecule has 0 heterocycles. The highest BCUT2D eigenvalue weighted by Crippen LogP contribution is 2.69. The Morgan fingerprint density at radius 2 is 1.33 bits per heavy atom. The van der Waals surface area contributed by atoms with Crippen molar-refractivity contribution >= 4 is 63.7 Å². The van der Waals surface area contributed by atoms with E-state index >= 15 is 0 Å². The van der Waals surface area contributed by atoms with E-state index in [-0.39, 0.29) is 11.9 Å². The molecule has 1 aromatic rings. The summed E-state index contributed by atoms with van der Waals surface area (Å²) in [5, 5.41) is 0. The van der Waals surface area contributed by atoms with E-state index in [2.05, 4.69) is 102 Å². The van der Waals surface area contributed by atoms with E-state index in [4.69, 9.17) is 0 Å². The van der Waals surface area contributed by atoms with Gasteiger partial charge in [0.05, 0.1) is 0 Å². The number of rotatable bonds is 0. The lowest BCUT2D eigenvalue weighted by atomic mass is 9.86. The molecule has 1 aromatic carbocycles. The number of benzene rings is 1. The van der Waals surface area contributed by atoms with Crippen LogP contribution in [-0.4, -0.2) is 3.23 Å². The van der Waals surface area contributed by atoms with Gasteiger partial charge < -0.3 is 0 Å². The molecular formula is C11H10Br4. The average Bonchev–Trinajstić information content (AvgIpc) is 2.26. The summed E-state index contributed by atoms with van der Waals surface area (Å²) < 4.78 is -0.531. The molecule has 0 aromatic heterocycles. The molecule has 0 unspecified atom stereocenters. The van der Waals surface area contributed by atoms with Gasteiger partial charge in [-0.15, -0.1) is 0 Å². The minimum absolute atomic E-state index is 0.00338. The van der Waals surface area contributed by atoms with Crippen molar-refractivity contribution in [2.45, 2.75) is 25.7 Å². The molecule has 15 heavy (non-hydrogen) atoms. The SMILES string of the molecule is CC1(C)c2ccccc2C(Br)(Br)C1(Br)Br. The van der Waals surface area contributed by atoms with Crippen molar-refractivity contribution in [3.05, 3.63) is 35.4 Å². The van der Waals surface area contributed by atoms with Gasteiger partial charge in [-0.2, -0.15) is 0 Å². The Labute approximate surface area is 124 Å². The van der Waals surface area contributed by atoms with E-state index in [0.717, 1.165) is 0 Å². The smallest absolute Gasteiger partial charge is 0.0689 e. The lowest BCUT2D eigenvalue weighted by Gasteiger charge is -2.37. The number of hydrogen-bond acceptors (Lipinski definition) is 0. The van der Waals surface area contributed by atoms with Crippen molar-refractivity contribution in [1.82, 2.24) is 0 Å². The summed E-state index contributed by atoms with van der Waals surface area (Å²) in [4.78, 5) is 0. The maximum atomic E-state index is 3.79. The van der Waals surface area contributed by atoms with Crippen LogP contribution in [0.1, 0.15) is 25.0 Å². The highest BCUT2D eigenvalue weighted by atomic mass is 79.9. The molecule has 0 fully saturated rings. The van der Waals surface area contributed by atoms with Crippen molar-refractivity contribution < 1.29 is 0 Å². The molecule has 2 rings (SSSR count). The van der Waals surface area contributed by atoms with Crippen LogP contribution in [0.15, 0.2) is 24.3 Å². The molecule has 0 saturated carbocycles. The predicted octanol–water partition coefficient (Wildman–Crippen LogP) is 5.41. The van der Waals surface area contributed by atoms with E-state index in [1.165, 1.54) is 11.1 Å². The van der Waals surface area contributed by atoms with Gasteiger partial charge in [0.25, 0.3) is 0 Å². The average molecular weight is 462 g/mol. The summed E-state index contributed by atoms with van der Waals surface area (Å²) in [6.07, 6.45) is 0. The van der Waals surface area contributed by atoms with Crippen LogP contribution in [-0.2, 0) is 8.65 Å². The second kappa shape index (κ2) is 3.56. The van der Waals surface area contributed by atoms with Gasteiger partial charge in [-0.05, 0) is 11.1 Å². The molecule has 82 valence electrons. The Kier molecular flexibility index (Phi) is 2.99. The quantitative estimate of drug-likeness (QED) is 0.453. The highest BCUT2D eigenvalue weighted by Gasteiger charge is 2.62. The summed E-state index contributed by atoms with van der Waals surface area (Å²) in [5.74, 6) is 0. The molecule has 0 aliphatic heterocycles. The Bertz CT molecular complexity index is 370. The van der Waals surface area contributed by atoms with Crippen LogP contribution in [0.2, 0.25) is 0 Å². The normalized spacial score (nSPS) is 24.9. The van der Waals surface area contributed by atoms with Crippen LogP contribution in [0.5, 0.6) is 0 Å². The maximum Gasteiger partial charge on any atom is 0.131 e. The van der Waals surface area contributed by atoms with Crippen LogP contribution in [0.3, 0.4) is 0 Å². The molecule has 0 amide bonds. The van der Waals surface area contributed by atoms with Gasteiger partial charge in [-0.3, -0.25) is 0 Å². The first-order valence-electron chi connectivity index (χ1n) is 4.58. The van der Waals surface area contributed by atoms with Crippen molar-refractivity contribution in [3.8, 4) is 0 Å². The van der Waals surface area contributed by atoms with E-state index in [1.807, 2.05) is 0 Å². The van der Waals surface area contributed by atoms with E-state index < -0.39 is 0 Å². The monoisotopic (exact) mass is 458 g/mol. The minimum Gasteiger partial charge on any atom is -0.0689 e. The lowest BCUT2D eigenvalue weighted by Crippen LogP contribution is -2.40. The summed E-state index contributed by atoms with van der Waals surface area (Å²) >= 11 is 15.1. The van der Waals surface area contributed by atoms with Crippen molar-refractivity contribution in [3.63, 3.8) is 0 Å². The number of halogens is 4. The van der Waals surface area contributed by atoms with Crippen LogP contribution in [0, 0.1) is 0 Å². The van der Waals surface area contributed by atoms with Crippen molar-refractivity contribution in [1.29, 1.82) is 0 Å². The van der Waals surface area contributed by atoms with Crippen LogP contribution >= 0.6 is 63.7 Å². The molecule has 0 radical (unpaired) electrons. The summed E-state index contributed by atoms with van der Waals surface area (Å²) in [7, 11) is 0. The summed E-state index contributed by atoms with van der Waals surface area (Å²) in [6, 6.07) is 8.47. The number of fused-ring (bicyclic) bond motifs is 1. The standard InChI is InChI=1S/C11H10Br4/c1-9(2)7-5-3-4-6-8(7)10(12,13)11(9,14)15/h3-6H,1-2H3. The molecular weight excluding hydrogens is 452 g/mol. The third-order valence-corrected chi connectivity index (χ3v) is 10.5. The summed E-state index contributed by atoms with van der Waals surface area (Å²) in [6.45, 7) is 4.44. The zero-order chi connectivity index (χ0) is 11.5. The van der Waals surface area contributed by atoms with Gasteiger partial charge in [0, 0.05) is 5.41 Å². The largest absolute Gasteiger partial charge is 0.131 e. The first-order chi connectivity index (χ1) is 6.73. The molecule has 1 aliphatic rings. The fourth-order valence-corrected chi connectivity index (χ4v) is 4.57. The first-order valence-corrected chi connectivity index (χ1v) is 7.76. The van der Waals surface area contributed by atoms with Gasteiger partial charge in [-0.25, -0.2) is 0 Å². The number of hydrogen-bond donors (Lipinski definition) is 0. The van der Waals surface area contributed by atoms with E-state index in [0.29, 0.717) is 0 Å². The number of alkyl halides is 4. The molecule has 0 bridgehead atoms. The Balaban J connectivity index is 2.78. The molecule has 0 N–H and O–H groups in total. The van der Waals surface area contributed by atoms with E-state index in [1.54, 1.807) is 0 Å². The zero-order valence-corrected chi connectivity index (χ0v) is 14.7. The second-order valence-electron chi connectivity index (χ2n) is 4.32. The second-order valence-corrected chi connectivity index (χ2v) is 11.2. The Hall–Kier alpha value is 1.14. The van der Waals surface area contributed by atoms with Gasteiger partial charge in [0.1, 0.15) is 6.47 Å². The topological polar surface area (TPSA) is 0 Å². The predicted molar refractivity (Wildman–Crippen MR) is 79.6 cm³/mol. The molecule has 0 spiro atoms. The van der Waals surface area contributed by atoms with Crippen LogP contribution in [0.25, 0.3) is 0 Å². The van der Waals surface area contributed by atoms with Crippen LogP contribution in [0.4, 0.5) is 0 Å². The summed E-state index contributed by atoms with van der Waals surface area (Å²) in [5.41, 5.74) is 2.60. The van der Waals surface area contributed by atoms with Crippen molar-refractivity contribution in [2.75, 3.05) is 0 Å². The van der Waals surface area contributed by atoms with Gasteiger partial charge in [0.2, 0.25) is 0 Å². The third-order valence-electron chi connectivity index (χ3n) is 3.12. The molecule has 0 atom stereocenters. The molecule has 1 aliphatic carbocycles. The van der Waals surface area contributed by atoms with E-state index in [9.17, 15) is 0 Å². The molecule has 4 heteroatoms. The third kappa shape index (κ3) is 1.47. The zero-order valence-electron chi connectivity index (χ0n) is 8.32. The molecule has 0 nitrogen and oxygen atoms in total. The minimum atomic E-state index is -0.285. The van der Waals surface area contributed by atoms with Crippen LogP contribution < -0.4 is 0 Å². The van der Waals surface area contributed by atoms with Gasteiger partial charge >= 0.3 is 0 Å². The molecule has 0 saturated heterocycles. The Morgan fingerprint density at radius 1 is 0.867 bits per heavy atom. The highest BCUT2D eigenvalue weighted by molar-refractivity contribution is 9.30. The van der Waals surface area contributed by atoms with Crippen molar-refractivity contribution in [2.24, 2.45) is 0 Å².